The molecule has 0 spiro atoms. The van der Waals surface area contributed by atoms with Gasteiger partial charge in [-0.05, 0) is 78.4 Å². The Morgan fingerprint density at radius 3 is 2.48 bits per heavy atom. The van der Waals surface area contributed by atoms with E-state index < -0.39 is 0 Å². The van der Waals surface area contributed by atoms with Crippen LogP contribution in [0, 0.1) is 3.57 Å². The number of carbonyl (C=O) groups is 1. The molecule has 4 nitrogen and oxygen atoms in total. The van der Waals surface area contributed by atoms with Crippen molar-refractivity contribution in [3.63, 3.8) is 0 Å². The van der Waals surface area contributed by atoms with Crippen LogP contribution in [0.3, 0.4) is 0 Å². The predicted octanol–water partition coefficient (Wildman–Crippen LogP) is 4.73. The maximum absolute atomic E-state index is 12.3. The number of anilines is 1. The highest BCUT2D eigenvalue weighted by Crippen LogP contribution is 2.23. The molecule has 1 amide bonds. The van der Waals surface area contributed by atoms with Crippen molar-refractivity contribution in [1.29, 1.82) is 0 Å². The molecule has 1 N–H and O–H groups in total. The Bertz CT molecular complexity index is 670. The molecule has 0 aromatic heterocycles. The monoisotopic (exact) mass is 425 g/mol. The van der Waals surface area contributed by atoms with Gasteiger partial charge < -0.3 is 14.8 Å². The van der Waals surface area contributed by atoms with Gasteiger partial charge in [-0.25, -0.2) is 0 Å². The van der Waals surface area contributed by atoms with E-state index in [1.54, 1.807) is 25.3 Å². The van der Waals surface area contributed by atoms with Crippen LogP contribution >= 0.6 is 22.6 Å². The van der Waals surface area contributed by atoms with E-state index in [0.717, 1.165) is 27.2 Å². The van der Waals surface area contributed by atoms with Gasteiger partial charge in [0.15, 0.2) is 0 Å². The largest absolute Gasteiger partial charge is 0.496 e. The topological polar surface area (TPSA) is 47.6 Å². The molecule has 0 fully saturated rings. The standard InChI is InChI=1S/C18H20INO3/c1-4-12(2)23-15-8-6-14(7-9-15)20-18(21)13-5-10-17(22-3)16(19)11-13/h5-12H,4H2,1-3H3,(H,20,21). The quantitative estimate of drug-likeness (QED) is 0.681. The lowest BCUT2D eigenvalue weighted by molar-refractivity contribution is 0.102. The summed E-state index contributed by atoms with van der Waals surface area (Å²) in [7, 11) is 1.61. The van der Waals surface area contributed by atoms with E-state index in [0.29, 0.717) is 5.56 Å². The maximum atomic E-state index is 12.3. The van der Waals surface area contributed by atoms with E-state index in [1.807, 2.05) is 31.2 Å². The number of halogens is 1. The number of amides is 1. The summed E-state index contributed by atoms with van der Waals surface area (Å²) in [5.74, 6) is 1.41. The fourth-order valence-electron chi connectivity index (χ4n) is 1.94. The number of benzene rings is 2. The van der Waals surface area contributed by atoms with Crippen LogP contribution < -0.4 is 14.8 Å². The van der Waals surface area contributed by atoms with E-state index in [9.17, 15) is 4.79 Å². The van der Waals surface area contributed by atoms with Crippen molar-refractivity contribution in [1.82, 2.24) is 0 Å². The third-order valence-electron chi connectivity index (χ3n) is 3.44. The highest BCUT2D eigenvalue weighted by Gasteiger charge is 2.09. The van der Waals surface area contributed by atoms with Crippen LogP contribution in [-0.2, 0) is 0 Å². The summed E-state index contributed by atoms with van der Waals surface area (Å²) in [6.07, 6.45) is 1.13. The third kappa shape index (κ3) is 4.86. The molecular formula is C18H20INO3. The van der Waals surface area contributed by atoms with Gasteiger partial charge in [0.05, 0.1) is 16.8 Å². The van der Waals surface area contributed by atoms with Crippen LogP contribution in [0.1, 0.15) is 30.6 Å². The number of ether oxygens (including phenoxy) is 2. The Hall–Kier alpha value is -1.76. The minimum atomic E-state index is -0.152. The van der Waals surface area contributed by atoms with Crippen LogP contribution in [-0.4, -0.2) is 19.1 Å². The molecule has 0 bridgehead atoms. The van der Waals surface area contributed by atoms with Crippen molar-refractivity contribution in [2.24, 2.45) is 0 Å². The zero-order valence-electron chi connectivity index (χ0n) is 13.4. The average molecular weight is 425 g/mol. The first-order valence-electron chi connectivity index (χ1n) is 7.45. The Labute approximate surface area is 150 Å². The molecule has 122 valence electrons. The second kappa shape index (κ2) is 8.19. The summed E-state index contributed by atoms with van der Waals surface area (Å²) in [5.41, 5.74) is 1.33. The molecule has 0 aliphatic heterocycles. The first-order chi connectivity index (χ1) is 11.0. The van der Waals surface area contributed by atoms with Gasteiger partial charge in [-0.3, -0.25) is 4.79 Å². The first-order valence-corrected chi connectivity index (χ1v) is 8.53. The number of hydrogen-bond acceptors (Lipinski definition) is 3. The lowest BCUT2D eigenvalue weighted by Crippen LogP contribution is -2.12. The number of methoxy groups -OCH3 is 1. The van der Waals surface area contributed by atoms with E-state index in [4.69, 9.17) is 9.47 Å². The fourth-order valence-corrected chi connectivity index (χ4v) is 2.68. The molecule has 0 aliphatic rings. The Morgan fingerprint density at radius 2 is 1.91 bits per heavy atom. The normalized spacial score (nSPS) is 11.7. The molecule has 0 saturated heterocycles. The molecule has 23 heavy (non-hydrogen) atoms. The van der Waals surface area contributed by atoms with Gasteiger partial charge in [0.25, 0.3) is 5.91 Å². The summed E-state index contributed by atoms with van der Waals surface area (Å²) in [4.78, 5) is 12.3. The number of hydrogen-bond donors (Lipinski definition) is 1. The Morgan fingerprint density at radius 1 is 1.22 bits per heavy atom. The fraction of sp³-hybridized carbons (Fsp3) is 0.278. The van der Waals surface area contributed by atoms with Crippen LogP contribution in [0.25, 0.3) is 0 Å². The van der Waals surface area contributed by atoms with Crippen molar-refractivity contribution in [3.05, 3.63) is 51.6 Å². The second-order valence-corrected chi connectivity index (χ2v) is 6.33. The van der Waals surface area contributed by atoms with Gasteiger partial charge in [-0.1, -0.05) is 6.92 Å². The molecular weight excluding hydrogens is 405 g/mol. The van der Waals surface area contributed by atoms with E-state index >= 15 is 0 Å². The third-order valence-corrected chi connectivity index (χ3v) is 4.28. The Kier molecular flexibility index (Phi) is 6.27. The zero-order valence-corrected chi connectivity index (χ0v) is 15.6. The average Bonchev–Trinajstić information content (AvgIpc) is 2.56. The summed E-state index contributed by atoms with van der Waals surface area (Å²) in [6.45, 7) is 4.11. The predicted molar refractivity (Wildman–Crippen MR) is 100 cm³/mol. The summed E-state index contributed by atoms with van der Waals surface area (Å²) >= 11 is 2.15. The highest BCUT2D eigenvalue weighted by molar-refractivity contribution is 14.1. The molecule has 1 unspecified atom stereocenters. The van der Waals surface area contributed by atoms with Crippen LogP contribution in [0.2, 0.25) is 0 Å². The van der Waals surface area contributed by atoms with Crippen molar-refractivity contribution < 1.29 is 14.3 Å². The molecule has 0 radical (unpaired) electrons. The maximum Gasteiger partial charge on any atom is 0.255 e. The minimum Gasteiger partial charge on any atom is -0.496 e. The SMILES string of the molecule is CCC(C)Oc1ccc(NC(=O)c2ccc(OC)c(I)c2)cc1. The van der Waals surface area contributed by atoms with Crippen molar-refractivity contribution in [3.8, 4) is 11.5 Å². The number of rotatable bonds is 6. The molecule has 0 aliphatic carbocycles. The van der Waals surface area contributed by atoms with E-state index in [1.165, 1.54) is 0 Å². The van der Waals surface area contributed by atoms with Crippen molar-refractivity contribution in [2.45, 2.75) is 26.4 Å². The molecule has 1 atom stereocenters. The van der Waals surface area contributed by atoms with Crippen LogP contribution in [0.5, 0.6) is 11.5 Å². The molecule has 0 saturated carbocycles. The van der Waals surface area contributed by atoms with Gasteiger partial charge in [-0.2, -0.15) is 0 Å². The molecule has 5 heteroatoms. The second-order valence-electron chi connectivity index (χ2n) is 5.16. The smallest absolute Gasteiger partial charge is 0.255 e. The molecule has 0 heterocycles. The zero-order chi connectivity index (χ0) is 16.8. The van der Waals surface area contributed by atoms with Gasteiger partial charge in [0.2, 0.25) is 0 Å². The van der Waals surface area contributed by atoms with Crippen LogP contribution in [0.4, 0.5) is 5.69 Å². The van der Waals surface area contributed by atoms with Gasteiger partial charge >= 0.3 is 0 Å². The Balaban J connectivity index is 2.04. The van der Waals surface area contributed by atoms with Gasteiger partial charge in [-0.15, -0.1) is 0 Å². The van der Waals surface area contributed by atoms with Crippen molar-refractivity contribution in [2.75, 3.05) is 12.4 Å². The summed E-state index contributed by atoms with van der Waals surface area (Å²) in [5, 5.41) is 2.88. The lowest BCUT2D eigenvalue weighted by Gasteiger charge is -2.13. The summed E-state index contributed by atoms with van der Waals surface area (Å²) in [6, 6.07) is 12.7. The first kappa shape index (κ1) is 17.6. The minimum absolute atomic E-state index is 0.152. The summed E-state index contributed by atoms with van der Waals surface area (Å²) < 4.78 is 11.8. The highest BCUT2D eigenvalue weighted by atomic mass is 127. The van der Waals surface area contributed by atoms with Crippen molar-refractivity contribution >= 4 is 34.2 Å². The lowest BCUT2D eigenvalue weighted by atomic mass is 10.2. The van der Waals surface area contributed by atoms with E-state index in [-0.39, 0.29) is 12.0 Å². The van der Waals surface area contributed by atoms with Gasteiger partial charge in [0.1, 0.15) is 11.5 Å². The van der Waals surface area contributed by atoms with Gasteiger partial charge in [0, 0.05) is 11.3 Å². The molecule has 2 rings (SSSR count). The number of carbonyl (C=O) groups excluding carboxylic acids is 1. The number of nitrogens with one attached hydrogen (secondary N) is 1. The van der Waals surface area contributed by atoms with E-state index in [2.05, 4.69) is 34.8 Å². The van der Waals surface area contributed by atoms with Crippen LogP contribution in [0.15, 0.2) is 42.5 Å². The molecule has 2 aromatic rings. The molecule has 2 aromatic carbocycles.